The second-order valence-electron chi connectivity index (χ2n) is 4.89. The van der Waals surface area contributed by atoms with Crippen LogP contribution in [0.1, 0.15) is 15.9 Å². The van der Waals surface area contributed by atoms with Crippen molar-refractivity contribution in [1.29, 1.82) is 0 Å². The average molecular weight is 314 g/mol. The van der Waals surface area contributed by atoms with Crippen LogP contribution < -0.4 is 9.47 Å². The molecule has 0 fully saturated rings. The maximum absolute atomic E-state index is 12.7. The number of hydrogen-bond acceptors (Lipinski definition) is 6. The Labute approximate surface area is 131 Å². The quantitative estimate of drug-likeness (QED) is 0.719. The number of furan rings is 1. The number of phenols is 2. The topological polar surface area (TPSA) is 89.1 Å². The highest BCUT2D eigenvalue weighted by molar-refractivity contribution is 6.16. The van der Waals surface area contributed by atoms with Gasteiger partial charge in [-0.05, 0) is 24.3 Å². The number of hydrogen-bond donors (Lipinski definition) is 2. The van der Waals surface area contributed by atoms with Crippen LogP contribution >= 0.6 is 0 Å². The lowest BCUT2D eigenvalue weighted by atomic mass is 10.0. The van der Waals surface area contributed by atoms with Gasteiger partial charge in [0.2, 0.25) is 5.75 Å². The van der Waals surface area contributed by atoms with Crippen molar-refractivity contribution in [1.82, 2.24) is 0 Å². The molecule has 2 N–H and O–H groups in total. The van der Waals surface area contributed by atoms with Gasteiger partial charge in [-0.2, -0.15) is 0 Å². The molecule has 3 aromatic rings. The second kappa shape index (κ2) is 5.57. The van der Waals surface area contributed by atoms with Crippen molar-refractivity contribution in [2.24, 2.45) is 0 Å². The molecule has 0 aliphatic rings. The zero-order valence-corrected chi connectivity index (χ0v) is 12.5. The summed E-state index contributed by atoms with van der Waals surface area (Å²) in [6.07, 6.45) is 1.27. The van der Waals surface area contributed by atoms with Crippen molar-refractivity contribution in [3.63, 3.8) is 0 Å². The zero-order valence-electron chi connectivity index (χ0n) is 12.5. The minimum absolute atomic E-state index is 0.0787. The fourth-order valence-electron chi connectivity index (χ4n) is 2.39. The minimum atomic E-state index is -0.359. The summed E-state index contributed by atoms with van der Waals surface area (Å²) in [6.45, 7) is 0. The average Bonchev–Trinajstić information content (AvgIpc) is 2.98. The van der Waals surface area contributed by atoms with Crippen LogP contribution in [0.5, 0.6) is 23.0 Å². The molecule has 0 saturated heterocycles. The molecule has 0 amide bonds. The maximum Gasteiger partial charge on any atom is 0.202 e. The van der Waals surface area contributed by atoms with Crippen LogP contribution in [0.4, 0.5) is 0 Å². The van der Waals surface area contributed by atoms with E-state index in [1.165, 1.54) is 38.7 Å². The summed E-state index contributed by atoms with van der Waals surface area (Å²) in [5.41, 5.74) is 0.685. The first-order chi connectivity index (χ1) is 11.0. The van der Waals surface area contributed by atoms with Crippen LogP contribution in [-0.4, -0.2) is 30.2 Å². The van der Waals surface area contributed by atoms with E-state index < -0.39 is 0 Å². The number of benzene rings is 2. The van der Waals surface area contributed by atoms with Crippen LogP contribution in [0.15, 0.2) is 41.0 Å². The molecule has 0 atom stereocenters. The highest BCUT2D eigenvalue weighted by Gasteiger charge is 2.20. The molecule has 0 saturated carbocycles. The Balaban J connectivity index is 2.12. The number of rotatable bonds is 4. The maximum atomic E-state index is 12.7. The molecule has 3 rings (SSSR count). The van der Waals surface area contributed by atoms with Crippen LogP contribution in [0, 0.1) is 0 Å². The monoisotopic (exact) mass is 314 g/mol. The molecule has 1 aromatic heterocycles. The van der Waals surface area contributed by atoms with Gasteiger partial charge in [-0.15, -0.1) is 0 Å². The number of carbonyl (C=O) groups is 1. The number of ether oxygens (including phenoxy) is 2. The predicted molar refractivity (Wildman–Crippen MR) is 82.5 cm³/mol. The molecule has 118 valence electrons. The van der Waals surface area contributed by atoms with Crippen molar-refractivity contribution in [3.05, 3.63) is 47.7 Å². The Morgan fingerprint density at radius 3 is 2.57 bits per heavy atom. The zero-order chi connectivity index (χ0) is 16.6. The predicted octanol–water partition coefficient (Wildman–Crippen LogP) is 3.09. The molecule has 6 heteroatoms. The molecule has 0 bridgehead atoms. The van der Waals surface area contributed by atoms with Gasteiger partial charge >= 0.3 is 0 Å². The van der Waals surface area contributed by atoms with E-state index in [0.717, 1.165) is 0 Å². The lowest BCUT2D eigenvalue weighted by molar-refractivity contribution is 0.103. The summed E-state index contributed by atoms with van der Waals surface area (Å²) >= 11 is 0. The molecule has 6 nitrogen and oxygen atoms in total. The minimum Gasteiger partial charge on any atom is -0.508 e. The molecular formula is C17H14O6. The van der Waals surface area contributed by atoms with E-state index in [0.29, 0.717) is 11.1 Å². The molecule has 2 aromatic carbocycles. The molecule has 0 aliphatic carbocycles. The fraction of sp³-hybridized carbons (Fsp3) is 0.118. The Hall–Kier alpha value is -3.15. The smallest absolute Gasteiger partial charge is 0.202 e. The van der Waals surface area contributed by atoms with Gasteiger partial charge in [0.05, 0.1) is 19.8 Å². The van der Waals surface area contributed by atoms with Crippen LogP contribution in [0.3, 0.4) is 0 Å². The van der Waals surface area contributed by atoms with E-state index in [1.54, 1.807) is 12.1 Å². The normalized spacial score (nSPS) is 10.7. The first kappa shape index (κ1) is 14.8. The Bertz CT molecular complexity index is 893. The SMILES string of the molecule is COc1cc(O)cc(C(=O)c2coc3c(O)c(OC)ccc23)c1. The summed E-state index contributed by atoms with van der Waals surface area (Å²) in [5.74, 6) is 0.0145. The van der Waals surface area contributed by atoms with Gasteiger partial charge in [0.25, 0.3) is 0 Å². The Kier molecular flexibility index (Phi) is 3.57. The van der Waals surface area contributed by atoms with Crippen molar-refractivity contribution in [2.45, 2.75) is 0 Å². The standard InChI is InChI=1S/C17H14O6/c1-21-11-6-9(5-10(18)7-11)15(19)13-8-23-17-12(13)3-4-14(22-2)16(17)20/h3-8,18,20H,1-2H3. The number of fused-ring (bicyclic) bond motifs is 1. The summed E-state index contributed by atoms with van der Waals surface area (Å²) in [4.78, 5) is 12.7. The lowest BCUT2D eigenvalue weighted by Gasteiger charge is -2.05. The lowest BCUT2D eigenvalue weighted by Crippen LogP contribution is -2.01. The largest absolute Gasteiger partial charge is 0.508 e. The summed E-state index contributed by atoms with van der Waals surface area (Å²) in [6, 6.07) is 7.44. The van der Waals surface area contributed by atoms with Crippen molar-refractivity contribution < 1.29 is 28.9 Å². The number of phenolic OH excluding ortho intramolecular Hbond substituents is 2. The van der Waals surface area contributed by atoms with Gasteiger partial charge < -0.3 is 24.1 Å². The van der Waals surface area contributed by atoms with Crippen molar-refractivity contribution in [2.75, 3.05) is 14.2 Å². The van der Waals surface area contributed by atoms with E-state index in [2.05, 4.69) is 0 Å². The van der Waals surface area contributed by atoms with Gasteiger partial charge in [-0.1, -0.05) is 0 Å². The first-order valence-electron chi connectivity index (χ1n) is 6.75. The van der Waals surface area contributed by atoms with Gasteiger partial charge in [-0.25, -0.2) is 0 Å². The van der Waals surface area contributed by atoms with Crippen LogP contribution in [0.25, 0.3) is 11.0 Å². The third-order valence-corrected chi connectivity index (χ3v) is 3.53. The number of aromatic hydroxyl groups is 2. The van der Waals surface area contributed by atoms with Crippen LogP contribution in [-0.2, 0) is 0 Å². The highest BCUT2D eigenvalue weighted by atomic mass is 16.5. The third kappa shape index (κ3) is 2.44. The summed E-state index contributed by atoms with van der Waals surface area (Å²) in [5, 5.41) is 20.2. The molecule has 0 spiro atoms. The third-order valence-electron chi connectivity index (χ3n) is 3.53. The molecule has 1 heterocycles. The van der Waals surface area contributed by atoms with E-state index in [1.807, 2.05) is 0 Å². The number of methoxy groups -OCH3 is 2. The molecule has 0 aliphatic heterocycles. The summed E-state index contributed by atoms with van der Waals surface area (Å²) < 4.78 is 15.4. The van der Waals surface area contributed by atoms with E-state index in [4.69, 9.17) is 13.9 Å². The summed E-state index contributed by atoms with van der Waals surface area (Å²) in [7, 11) is 2.87. The Morgan fingerprint density at radius 2 is 1.87 bits per heavy atom. The molecule has 23 heavy (non-hydrogen) atoms. The molecule has 0 unspecified atom stereocenters. The molecular weight excluding hydrogens is 300 g/mol. The highest BCUT2D eigenvalue weighted by Crippen LogP contribution is 2.37. The van der Waals surface area contributed by atoms with Gasteiger partial charge in [0.1, 0.15) is 17.8 Å². The first-order valence-corrected chi connectivity index (χ1v) is 6.75. The van der Waals surface area contributed by atoms with E-state index >= 15 is 0 Å². The number of ketones is 1. The number of carbonyl (C=O) groups excluding carboxylic acids is 1. The Morgan fingerprint density at radius 1 is 1.09 bits per heavy atom. The van der Waals surface area contributed by atoms with E-state index in [-0.39, 0.29) is 39.7 Å². The molecule has 0 radical (unpaired) electrons. The second-order valence-corrected chi connectivity index (χ2v) is 4.89. The van der Waals surface area contributed by atoms with Crippen molar-refractivity contribution in [3.8, 4) is 23.0 Å². The fourth-order valence-corrected chi connectivity index (χ4v) is 2.39. The van der Waals surface area contributed by atoms with Gasteiger partial charge in [0.15, 0.2) is 17.1 Å². The van der Waals surface area contributed by atoms with Crippen LogP contribution in [0.2, 0.25) is 0 Å². The van der Waals surface area contributed by atoms with Gasteiger partial charge in [0, 0.05) is 17.0 Å². The van der Waals surface area contributed by atoms with Gasteiger partial charge in [-0.3, -0.25) is 4.79 Å². The van der Waals surface area contributed by atoms with E-state index in [9.17, 15) is 15.0 Å². The van der Waals surface area contributed by atoms with Crippen molar-refractivity contribution >= 4 is 16.8 Å².